The van der Waals surface area contributed by atoms with Gasteiger partial charge >= 0.3 is 6.09 Å². The van der Waals surface area contributed by atoms with Crippen LogP contribution in [-0.4, -0.2) is 48.3 Å². The molecule has 1 saturated heterocycles. The number of hydrogen-bond acceptors (Lipinski definition) is 5. The van der Waals surface area contributed by atoms with Gasteiger partial charge in [-0.15, -0.1) is 0 Å². The van der Waals surface area contributed by atoms with Gasteiger partial charge in [0, 0.05) is 18.8 Å². The molecule has 1 aromatic heterocycles. The molecule has 0 aromatic carbocycles. The summed E-state index contributed by atoms with van der Waals surface area (Å²) in [6, 6.07) is 2.87. The number of aryl methyl sites for hydroxylation is 1. The molecule has 1 aliphatic heterocycles. The highest BCUT2D eigenvalue weighted by atomic mass is 32.2. The average molecular weight is 340 g/mol. The molecule has 0 saturated carbocycles. The summed E-state index contributed by atoms with van der Waals surface area (Å²) >= 11 is 0. The zero-order chi connectivity index (χ0) is 17.3. The van der Waals surface area contributed by atoms with Gasteiger partial charge in [-0.2, -0.15) is 0 Å². The van der Waals surface area contributed by atoms with E-state index in [0.717, 1.165) is 12.0 Å². The highest BCUT2D eigenvalue weighted by Gasteiger charge is 2.35. The highest BCUT2D eigenvalue weighted by molar-refractivity contribution is 7.91. The molecule has 1 amide bonds. The van der Waals surface area contributed by atoms with Crippen LogP contribution in [0.25, 0.3) is 0 Å². The quantitative estimate of drug-likeness (QED) is 0.845. The molecule has 7 heteroatoms. The van der Waals surface area contributed by atoms with E-state index in [4.69, 9.17) is 4.74 Å². The van der Waals surface area contributed by atoms with Crippen molar-refractivity contribution in [2.24, 2.45) is 0 Å². The van der Waals surface area contributed by atoms with Gasteiger partial charge in [0.1, 0.15) is 5.60 Å². The fourth-order valence-corrected chi connectivity index (χ4v) is 4.06. The van der Waals surface area contributed by atoms with Crippen LogP contribution in [0.1, 0.15) is 39.2 Å². The minimum atomic E-state index is -3.53. The molecule has 1 fully saturated rings. The van der Waals surface area contributed by atoms with Gasteiger partial charge in [0.05, 0.1) is 5.75 Å². The summed E-state index contributed by atoms with van der Waals surface area (Å²) in [6.45, 7) is 7.76. The summed E-state index contributed by atoms with van der Waals surface area (Å²) in [4.78, 5) is 17.8. The number of sulfone groups is 1. The number of hydrogen-bond donors (Lipinski definition) is 0. The molecule has 0 radical (unpaired) electrons. The Labute approximate surface area is 137 Å². The van der Waals surface area contributed by atoms with Gasteiger partial charge in [0.15, 0.2) is 14.9 Å². The summed E-state index contributed by atoms with van der Waals surface area (Å²) < 4.78 is 30.4. The first kappa shape index (κ1) is 17.7. The molecular weight excluding hydrogens is 316 g/mol. The van der Waals surface area contributed by atoms with Crippen molar-refractivity contribution in [2.75, 3.05) is 12.3 Å². The number of carbonyl (C=O) groups excluding carboxylic acids is 1. The fourth-order valence-electron chi connectivity index (χ4n) is 2.55. The van der Waals surface area contributed by atoms with Crippen molar-refractivity contribution in [3.8, 4) is 0 Å². The lowest BCUT2D eigenvalue weighted by Gasteiger charge is -2.28. The van der Waals surface area contributed by atoms with E-state index >= 15 is 0 Å². The van der Waals surface area contributed by atoms with Crippen LogP contribution >= 0.6 is 0 Å². The van der Waals surface area contributed by atoms with Crippen LogP contribution in [0, 0.1) is 6.92 Å². The van der Waals surface area contributed by atoms with E-state index in [9.17, 15) is 13.2 Å². The minimum Gasteiger partial charge on any atom is -0.444 e. The molecule has 1 aliphatic rings. The Bertz CT molecular complexity index is 662. The number of pyridine rings is 1. The van der Waals surface area contributed by atoms with Crippen molar-refractivity contribution in [1.29, 1.82) is 0 Å². The third kappa shape index (κ3) is 4.67. The first-order valence-electron chi connectivity index (χ1n) is 7.73. The first-order valence-corrected chi connectivity index (χ1v) is 9.39. The second-order valence-electron chi connectivity index (χ2n) is 6.92. The number of amides is 1. The van der Waals surface area contributed by atoms with Gasteiger partial charge < -0.3 is 9.64 Å². The van der Waals surface area contributed by atoms with E-state index in [1.165, 1.54) is 17.2 Å². The monoisotopic (exact) mass is 340 g/mol. The van der Waals surface area contributed by atoms with E-state index in [0.29, 0.717) is 13.0 Å². The Kier molecular flexibility index (Phi) is 4.98. The molecule has 0 spiro atoms. The van der Waals surface area contributed by atoms with Crippen LogP contribution in [0.5, 0.6) is 0 Å². The normalized spacial score (nSPS) is 19.0. The van der Waals surface area contributed by atoms with Gasteiger partial charge in [-0.1, -0.05) is 6.07 Å². The summed E-state index contributed by atoms with van der Waals surface area (Å²) in [7, 11) is -3.53. The Hall–Kier alpha value is -1.63. The molecule has 2 rings (SSSR count). The highest BCUT2D eigenvalue weighted by Crippen LogP contribution is 2.23. The maximum Gasteiger partial charge on any atom is 0.410 e. The maximum atomic E-state index is 12.5. The molecular formula is C16H24N2O4S. The van der Waals surface area contributed by atoms with Gasteiger partial charge in [-0.25, -0.2) is 18.2 Å². The molecule has 0 aliphatic carbocycles. The predicted molar refractivity (Wildman–Crippen MR) is 87.0 cm³/mol. The van der Waals surface area contributed by atoms with Crippen molar-refractivity contribution >= 4 is 15.9 Å². The van der Waals surface area contributed by atoms with Crippen LogP contribution in [-0.2, 0) is 14.6 Å². The van der Waals surface area contributed by atoms with Crippen molar-refractivity contribution in [3.63, 3.8) is 0 Å². The molecule has 1 aromatic rings. The fraction of sp³-hybridized carbons (Fsp3) is 0.625. The molecule has 2 heterocycles. The lowest BCUT2D eigenvalue weighted by Crippen LogP contribution is -2.42. The third-order valence-corrected chi connectivity index (χ3v) is 5.32. The standard InChI is InChI=1S/C16H24N2O4S/c1-12-7-8-14(17-10-12)23(20,21)11-13-6-5-9-18(13)15(19)22-16(2,3)4/h7-8,10,13H,5-6,9,11H2,1-4H3. The maximum absolute atomic E-state index is 12.5. The minimum absolute atomic E-state index is 0.0548. The van der Waals surface area contributed by atoms with E-state index in [-0.39, 0.29) is 16.8 Å². The molecule has 0 bridgehead atoms. The smallest absolute Gasteiger partial charge is 0.410 e. The summed E-state index contributed by atoms with van der Waals surface area (Å²) in [6.07, 6.45) is 2.52. The third-order valence-electron chi connectivity index (χ3n) is 3.62. The topological polar surface area (TPSA) is 76.6 Å². The average Bonchev–Trinajstić information content (AvgIpc) is 2.84. The zero-order valence-corrected chi connectivity index (χ0v) is 14.9. The van der Waals surface area contributed by atoms with Crippen molar-refractivity contribution in [1.82, 2.24) is 9.88 Å². The van der Waals surface area contributed by atoms with Crippen LogP contribution in [0.2, 0.25) is 0 Å². The van der Waals surface area contributed by atoms with Gasteiger partial charge in [0.25, 0.3) is 0 Å². The lowest BCUT2D eigenvalue weighted by molar-refractivity contribution is 0.0241. The van der Waals surface area contributed by atoms with Gasteiger partial charge in [-0.3, -0.25) is 0 Å². The number of carbonyl (C=O) groups is 1. The SMILES string of the molecule is Cc1ccc(S(=O)(=O)CC2CCCN2C(=O)OC(C)(C)C)nc1. The van der Waals surface area contributed by atoms with E-state index in [1.54, 1.807) is 26.8 Å². The molecule has 1 unspecified atom stereocenters. The Morgan fingerprint density at radius 2 is 2.09 bits per heavy atom. The number of rotatable bonds is 3. The van der Waals surface area contributed by atoms with Gasteiger partial charge in [0.2, 0.25) is 0 Å². The second kappa shape index (κ2) is 6.47. The number of aromatic nitrogens is 1. The molecule has 128 valence electrons. The van der Waals surface area contributed by atoms with Crippen LogP contribution < -0.4 is 0 Å². The molecule has 1 atom stereocenters. The van der Waals surface area contributed by atoms with Crippen molar-refractivity contribution in [2.45, 2.75) is 57.2 Å². The Morgan fingerprint density at radius 3 is 2.65 bits per heavy atom. The van der Waals surface area contributed by atoms with Crippen LogP contribution in [0.15, 0.2) is 23.4 Å². The molecule has 23 heavy (non-hydrogen) atoms. The van der Waals surface area contributed by atoms with Crippen LogP contribution in [0.3, 0.4) is 0 Å². The predicted octanol–water partition coefficient (Wildman–Crippen LogP) is 2.56. The van der Waals surface area contributed by atoms with E-state index < -0.39 is 21.5 Å². The van der Waals surface area contributed by atoms with E-state index in [1.807, 2.05) is 6.92 Å². The molecule has 6 nitrogen and oxygen atoms in total. The largest absolute Gasteiger partial charge is 0.444 e. The Balaban J connectivity index is 2.11. The number of ether oxygens (including phenoxy) is 1. The molecule has 0 N–H and O–H groups in total. The van der Waals surface area contributed by atoms with Gasteiger partial charge in [-0.05, 0) is 52.2 Å². The Morgan fingerprint density at radius 1 is 1.39 bits per heavy atom. The zero-order valence-electron chi connectivity index (χ0n) is 14.1. The summed E-state index contributed by atoms with van der Waals surface area (Å²) in [5.74, 6) is -0.123. The first-order chi connectivity index (χ1) is 10.6. The van der Waals surface area contributed by atoms with Crippen molar-refractivity contribution in [3.05, 3.63) is 23.9 Å². The number of likely N-dealkylation sites (tertiary alicyclic amines) is 1. The second-order valence-corrected chi connectivity index (χ2v) is 8.91. The number of nitrogens with zero attached hydrogens (tertiary/aromatic N) is 2. The summed E-state index contributed by atoms with van der Waals surface area (Å²) in [5, 5.41) is 0.0548. The van der Waals surface area contributed by atoms with E-state index in [2.05, 4.69) is 4.98 Å². The summed E-state index contributed by atoms with van der Waals surface area (Å²) in [5.41, 5.74) is 0.307. The lowest BCUT2D eigenvalue weighted by atomic mass is 10.2. The van der Waals surface area contributed by atoms with Crippen LogP contribution in [0.4, 0.5) is 4.79 Å². The van der Waals surface area contributed by atoms with Crippen molar-refractivity contribution < 1.29 is 17.9 Å².